The maximum Gasteiger partial charge on any atom is 0.0281 e. The molecule has 0 bridgehead atoms. The minimum Gasteiger partial charge on any atom is -0.314 e. The fraction of sp³-hybridized carbons (Fsp3) is 0.412. The largest absolute Gasteiger partial charge is 0.314 e. The highest BCUT2D eigenvalue weighted by Gasteiger charge is 2.29. The number of piperazine rings is 1. The van der Waals surface area contributed by atoms with E-state index < -0.39 is 0 Å². The molecular formula is C17H22N2. The van der Waals surface area contributed by atoms with Crippen LogP contribution in [0, 0.1) is 0 Å². The Hall–Kier alpha value is -1.38. The molecule has 1 aliphatic rings. The molecule has 2 nitrogen and oxygen atoms in total. The van der Waals surface area contributed by atoms with Crippen molar-refractivity contribution in [2.75, 3.05) is 19.6 Å². The summed E-state index contributed by atoms with van der Waals surface area (Å²) < 4.78 is 0. The fourth-order valence-corrected chi connectivity index (χ4v) is 2.95. The van der Waals surface area contributed by atoms with Crippen molar-refractivity contribution in [2.45, 2.75) is 25.9 Å². The number of nitrogens with one attached hydrogen (secondary N) is 1. The van der Waals surface area contributed by atoms with E-state index in [-0.39, 0.29) is 5.54 Å². The Balaban J connectivity index is 1.93. The number of hydrogen-bond acceptors (Lipinski definition) is 2. The van der Waals surface area contributed by atoms with Gasteiger partial charge < -0.3 is 5.32 Å². The van der Waals surface area contributed by atoms with Crippen molar-refractivity contribution in [3.63, 3.8) is 0 Å². The van der Waals surface area contributed by atoms with Crippen LogP contribution in [0.5, 0.6) is 0 Å². The van der Waals surface area contributed by atoms with Crippen molar-refractivity contribution in [1.29, 1.82) is 0 Å². The molecule has 0 saturated carbocycles. The van der Waals surface area contributed by atoms with Gasteiger partial charge in [0.15, 0.2) is 0 Å². The summed E-state index contributed by atoms with van der Waals surface area (Å²) in [7, 11) is 0. The Morgan fingerprint density at radius 2 is 1.89 bits per heavy atom. The van der Waals surface area contributed by atoms with Gasteiger partial charge in [-0.2, -0.15) is 0 Å². The second-order valence-corrected chi connectivity index (χ2v) is 6.05. The first-order chi connectivity index (χ1) is 9.17. The molecule has 0 unspecified atom stereocenters. The Bertz CT molecular complexity index is 569. The summed E-state index contributed by atoms with van der Waals surface area (Å²) in [5, 5.41) is 6.22. The average Bonchev–Trinajstić information content (AvgIpc) is 2.41. The summed E-state index contributed by atoms with van der Waals surface area (Å²) in [6, 6.07) is 15.3. The van der Waals surface area contributed by atoms with Crippen LogP contribution >= 0.6 is 0 Å². The molecule has 19 heavy (non-hydrogen) atoms. The Morgan fingerprint density at radius 3 is 2.74 bits per heavy atom. The van der Waals surface area contributed by atoms with E-state index in [2.05, 4.69) is 66.5 Å². The molecule has 3 rings (SSSR count). The molecule has 1 aliphatic heterocycles. The molecular weight excluding hydrogens is 232 g/mol. The first kappa shape index (κ1) is 12.6. The third kappa shape index (κ3) is 2.51. The molecule has 1 saturated heterocycles. The van der Waals surface area contributed by atoms with Crippen LogP contribution in [-0.4, -0.2) is 30.1 Å². The lowest BCUT2D eigenvalue weighted by atomic mass is 9.97. The monoisotopic (exact) mass is 254 g/mol. The van der Waals surface area contributed by atoms with Crippen LogP contribution in [0.2, 0.25) is 0 Å². The Morgan fingerprint density at radius 1 is 1.11 bits per heavy atom. The molecule has 2 heteroatoms. The van der Waals surface area contributed by atoms with Crippen LogP contribution in [0.15, 0.2) is 42.5 Å². The molecule has 0 atom stereocenters. The van der Waals surface area contributed by atoms with Crippen LogP contribution in [0.1, 0.15) is 19.4 Å². The van der Waals surface area contributed by atoms with Gasteiger partial charge in [-0.1, -0.05) is 42.5 Å². The van der Waals surface area contributed by atoms with Crippen molar-refractivity contribution in [3.8, 4) is 0 Å². The van der Waals surface area contributed by atoms with Gasteiger partial charge in [0.25, 0.3) is 0 Å². The SMILES string of the molecule is CC1(C)CNCCN1Cc1cccc2ccccc12. The van der Waals surface area contributed by atoms with Gasteiger partial charge in [-0.15, -0.1) is 0 Å². The minimum atomic E-state index is 0.231. The van der Waals surface area contributed by atoms with E-state index in [1.807, 2.05) is 0 Å². The number of fused-ring (bicyclic) bond motifs is 1. The number of nitrogens with zero attached hydrogens (tertiary/aromatic N) is 1. The fourth-order valence-electron chi connectivity index (χ4n) is 2.95. The lowest BCUT2D eigenvalue weighted by Crippen LogP contribution is -2.57. The van der Waals surface area contributed by atoms with E-state index in [1.165, 1.54) is 16.3 Å². The molecule has 2 aromatic carbocycles. The summed E-state index contributed by atoms with van der Waals surface area (Å²) in [5.41, 5.74) is 1.67. The summed E-state index contributed by atoms with van der Waals surface area (Å²) in [5.74, 6) is 0. The molecule has 0 amide bonds. The standard InChI is InChI=1S/C17H22N2/c1-17(2)13-18-10-11-19(17)12-15-8-5-7-14-6-3-4-9-16(14)15/h3-9,18H,10-13H2,1-2H3. The third-order valence-corrected chi connectivity index (χ3v) is 4.21. The van der Waals surface area contributed by atoms with Crippen LogP contribution in [0.3, 0.4) is 0 Å². The molecule has 1 heterocycles. The predicted octanol–water partition coefficient (Wildman–Crippen LogP) is 3.02. The van der Waals surface area contributed by atoms with Crippen LogP contribution in [-0.2, 0) is 6.54 Å². The first-order valence-corrected chi connectivity index (χ1v) is 7.09. The van der Waals surface area contributed by atoms with Crippen LogP contribution in [0.25, 0.3) is 10.8 Å². The van der Waals surface area contributed by atoms with E-state index in [0.29, 0.717) is 0 Å². The van der Waals surface area contributed by atoms with Gasteiger partial charge in [-0.05, 0) is 30.2 Å². The van der Waals surface area contributed by atoms with Crippen molar-refractivity contribution in [2.24, 2.45) is 0 Å². The zero-order valence-corrected chi connectivity index (χ0v) is 11.8. The van der Waals surface area contributed by atoms with Gasteiger partial charge in [-0.25, -0.2) is 0 Å². The molecule has 1 N–H and O–H groups in total. The van der Waals surface area contributed by atoms with Gasteiger partial charge >= 0.3 is 0 Å². The maximum atomic E-state index is 3.49. The summed E-state index contributed by atoms with van der Waals surface area (Å²) >= 11 is 0. The Labute approximate surface area is 115 Å². The molecule has 2 aromatic rings. The van der Waals surface area contributed by atoms with Gasteiger partial charge in [0.2, 0.25) is 0 Å². The van der Waals surface area contributed by atoms with Crippen molar-refractivity contribution < 1.29 is 0 Å². The van der Waals surface area contributed by atoms with E-state index in [4.69, 9.17) is 0 Å². The number of hydrogen-bond donors (Lipinski definition) is 1. The number of benzene rings is 2. The predicted molar refractivity (Wildman–Crippen MR) is 81.3 cm³/mol. The first-order valence-electron chi connectivity index (χ1n) is 7.09. The maximum absolute atomic E-state index is 3.49. The molecule has 0 spiro atoms. The number of rotatable bonds is 2. The van der Waals surface area contributed by atoms with Gasteiger partial charge in [0, 0.05) is 31.7 Å². The minimum absolute atomic E-state index is 0.231. The van der Waals surface area contributed by atoms with Crippen LogP contribution < -0.4 is 5.32 Å². The highest BCUT2D eigenvalue weighted by Crippen LogP contribution is 2.24. The third-order valence-electron chi connectivity index (χ3n) is 4.21. The molecule has 100 valence electrons. The van der Waals surface area contributed by atoms with E-state index >= 15 is 0 Å². The summed E-state index contributed by atoms with van der Waals surface area (Å²) in [6.45, 7) is 8.97. The quantitative estimate of drug-likeness (QED) is 0.886. The summed E-state index contributed by atoms with van der Waals surface area (Å²) in [6.07, 6.45) is 0. The highest BCUT2D eigenvalue weighted by atomic mass is 15.2. The molecule has 0 aliphatic carbocycles. The van der Waals surface area contributed by atoms with E-state index in [0.717, 1.165) is 26.2 Å². The zero-order chi connectivity index (χ0) is 13.3. The van der Waals surface area contributed by atoms with Gasteiger partial charge in [0.1, 0.15) is 0 Å². The van der Waals surface area contributed by atoms with Crippen molar-refractivity contribution >= 4 is 10.8 Å². The molecule has 0 aromatic heterocycles. The van der Waals surface area contributed by atoms with Crippen molar-refractivity contribution in [3.05, 3.63) is 48.0 Å². The van der Waals surface area contributed by atoms with E-state index in [1.54, 1.807) is 0 Å². The molecule has 1 fully saturated rings. The van der Waals surface area contributed by atoms with Crippen molar-refractivity contribution in [1.82, 2.24) is 10.2 Å². The second kappa shape index (κ2) is 4.95. The molecule has 0 radical (unpaired) electrons. The summed E-state index contributed by atoms with van der Waals surface area (Å²) in [4.78, 5) is 2.59. The second-order valence-electron chi connectivity index (χ2n) is 6.05. The average molecular weight is 254 g/mol. The Kier molecular flexibility index (Phi) is 3.29. The lowest BCUT2D eigenvalue weighted by Gasteiger charge is -2.43. The smallest absolute Gasteiger partial charge is 0.0281 e. The normalized spacial score (nSPS) is 19.7. The van der Waals surface area contributed by atoms with E-state index in [9.17, 15) is 0 Å². The topological polar surface area (TPSA) is 15.3 Å². The zero-order valence-electron chi connectivity index (χ0n) is 11.8. The van der Waals surface area contributed by atoms with Crippen LogP contribution in [0.4, 0.5) is 0 Å². The highest BCUT2D eigenvalue weighted by molar-refractivity contribution is 5.85. The lowest BCUT2D eigenvalue weighted by molar-refractivity contribution is 0.0832. The van der Waals surface area contributed by atoms with Gasteiger partial charge in [-0.3, -0.25) is 4.90 Å². The van der Waals surface area contributed by atoms with Gasteiger partial charge in [0.05, 0.1) is 0 Å².